The molecular formula is C16H27NO3. The lowest BCUT2D eigenvalue weighted by atomic mass is 10.1. The van der Waals surface area contributed by atoms with Crippen LogP contribution in [-0.4, -0.2) is 40.0 Å². The Labute approximate surface area is 122 Å². The fraction of sp³-hybridized carbons (Fsp3) is 0.625. The number of methoxy groups -OCH3 is 2. The summed E-state index contributed by atoms with van der Waals surface area (Å²) in [6.45, 7) is 6.50. The second-order valence-electron chi connectivity index (χ2n) is 4.84. The summed E-state index contributed by atoms with van der Waals surface area (Å²) in [5.74, 6) is 0.861. The third-order valence-electron chi connectivity index (χ3n) is 3.04. The summed E-state index contributed by atoms with van der Waals surface area (Å²) in [6.07, 6.45) is 1.10. The normalized spacial score (nSPS) is 14.0. The van der Waals surface area contributed by atoms with Gasteiger partial charge in [-0.1, -0.05) is 25.1 Å². The fourth-order valence-electron chi connectivity index (χ4n) is 2.13. The van der Waals surface area contributed by atoms with Crippen LogP contribution in [0.5, 0.6) is 5.75 Å². The van der Waals surface area contributed by atoms with Gasteiger partial charge in [0.1, 0.15) is 5.75 Å². The lowest BCUT2D eigenvalue weighted by Crippen LogP contribution is -2.28. The van der Waals surface area contributed by atoms with Crippen molar-refractivity contribution in [2.45, 2.75) is 32.5 Å². The van der Waals surface area contributed by atoms with Crippen LogP contribution in [0, 0.1) is 0 Å². The van der Waals surface area contributed by atoms with E-state index in [0.717, 1.165) is 30.8 Å². The van der Waals surface area contributed by atoms with Crippen molar-refractivity contribution in [3.63, 3.8) is 0 Å². The van der Waals surface area contributed by atoms with E-state index < -0.39 is 0 Å². The maximum atomic E-state index is 6.10. The van der Waals surface area contributed by atoms with Gasteiger partial charge in [0.2, 0.25) is 0 Å². The minimum Gasteiger partial charge on any atom is -0.496 e. The summed E-state index contributed by atoms with van der Waals surface area (Å²) in [5.41, 5.74) is 1.07. The van der Waals surface area contributed by atoms with Crippen molar-refractivity contribution in [1.29, 1.82) is 0 Å². The Hall–Kier alpha value is -1.10. The third-order valence-corrected chi connectivity index (χ3v) is 3.04. The molecule has 2 unspecified atom stereocenters. The van der Waals surface area contributed by atoms with Crippen LogP contribution in [0.2, 0.25) is 0 Å². The van der Waals surface area contributed by atoms with Gasteiger partial charge in [-0.25, -0.2) is 0 Å². The zero-order valence-corrected chi connectivity index (χ0v) is 13.0. The highest BCUT2D eigenvalue weighted by molar-refractivity contribution is 5.35. The summed E-state index contributed by atoms with van der Waals surface area (Å²) in [4.78, 5) is 0. The molecule has 20 heavy (non-hydrogen) atoms. The number of nitrogens with one attached hydrogen (secondary N) is 1. The maximum Gasteiger partial charge on any atom is 0.124 e. The van der Waals surface area contributed by atoms with E-state index in [0.29, 0.717) is 6.61 Å². The van der Waals surface area contributed by atoms with Gasteiger partial charge < -0.3 is 19.5 Å². The molecule has 0 fully saturated rings. The maximum absolute atomic E-state index is 6.10. The van der Waals surface area contributed by atoms with Crippen LogP contribution >= 0.6 is 0 Å². The zero-order valence-electron chi connectivity index (χ0n) is 13.0. The minimum absolute atomic E-state index is 0.0390. The highest BCUT2D eigenvalue weighted by Gasteiger charge is 2.18. The Morgan fingerprint density at radius 3 is 2.60 bits per heavy atom. The van der Waals surface area contributed by atoms with Crippen LogP contribution in [0.25, 0.3) is 0 Å². The van der Waals surface area contributed by atoms with Gasteiger partial charge in [0.15, 0.2) is 0 Å². The van der Waals surface area contributed by atoms with Gasteiger partial charge >= 0.3 is 0 Å². The molecule has 114 valence electrons. The van der Waals surface area contributed by atoms with Crippen LogP contribution in [0.1, 0.15) is 31.9 Å². The van der Waals surface area contributed by atoms with Gasteiger partial charge in [-0.05, 0) is 26.0 Å². The van der Waals surface area contributed by atoms with Crippen LogP contribution in [0.15, 0.2) is 24.3 Å². The molecule has 1 aromatic rings. The topological polar surface area (TPSA) is 39.7 Å². The number of hydrogen-bond acceptors (Lipinski definition) is 4. The molecule has 4 nitrogen and oxygen atoms in total. The largest absolute Gasteiger partial charge is 0.496 e. The molecule has 0 spiro atoms. The van der Waals surface area contributed by atoms with E-state index in [-0.39, 0.29) is 12.2 Å². The number of benzene rings is 1. The molecule has 0 radical (unpaired) electrons. The molecule has 1 aromatic carbocycles. The van der Waals surface area contributed by atoms with Crippen molar-refractivity contribution in [3.8, 4) is 5.75 Å². The van der Waals surface area contributed by atoms with E-state index in [4.69, 9.17) is 14.2 Å². The second-order valence-corrected chi connectivity index (χ2v) is 4.84. The Bertz CT molecular complexity index is 370. The highest BCUT2D eigenvalue weighted by atomic mass is 16.5. The van der Waals surface area contributed by atoms with E-state index in [9.17, 15) is 0 Å². The van der Waals surface area contributed by atoms with Crippen LogP contribution in [-0.2, 0) is 9.47 Å². The molecule has 0 bridgehead atoms. The van der Waals surface area contributed by atoms with Crippen LogP contribution in [0.4, 0.5) is 0 Å². The standard InChI is InChI=1S/C16H27NO3/c1-5-10-17-11-16(20-13(2)12-18-3)14-8-6-7-9-15(14)19-4/h6-9,13,16-17H,5,10-12H2,1-4H3. The summed E-state index contributed by atoms with van der Waals surface area (Å²) < 4.78 is 16.7. The first-order valence-electron chi connectivity index (χ1n) is 7.20. The smallest absolute Gasteiger partial charge is 0.124 e. The van der Waals surface area contributed by atoms with Crippen molar-refractivity contribution < 1.29 is 14.2 Å². The molecule has 0 aliphatic heterocycles. The number of ether oxygens (including phenoxy) is 3. The molecule has 0 saturated carbocycles. The van der Waals surface area contributed by atoms with E-state index in [1.54, 1.807) is 14.2 Å². The average Bonchev–Trinajstić information content (AvgIpc) is 2.46. The quantitative estimate of drug-likeness (QED) is 0.669. The Morgan fingerprint density at radius 1 is 1.20 bits per heavy atom. The summed E-state index contributed by atoms with van der Waals surface area (Å²) in [5, 5.41) is 3.41. The lowest BCUT2D eigenvalue weighted by Gasteiger charge is -2.24. The number of para-hydroxylation sites is 1. The fourth-order valence-corrected chi connectivity index (χ4v) is 2.13. The molecular weight excluding hydrogens is 254 g/mol. The van der Waals surface area contributed by atoms with Gasteiger partial charge in [-0.2, -0.15) is 0 Å². The predicted molar refractivity (Wildman–Crippen MR) is 81.3 cm³/mol. The average molecular weight is 281 g/mol. The second kappa shape index (κ2) is 9.75. The molecule has 1 N–H and O–H groups in total. The van der Waals surface area contributed by atoms with Gasteiger partial charge in [-0.3, -0.25) is 0 Å². The SMILES string of the molecule is CCCNCC(OC(C)COC)c1ccccc1OC. The Morgan fingerprint density at radius 2 is 1.95 bits per heavy atom. The van der Waals surface area contributed by atoms with E-state index >= 15 is 0 Å². The highest BCUT2D eigenvalue weighted by Crippen LogP contribution is 2.28. The third kappa shape index (κ3) is 5.49. The first-order chi connectivity index (χ1) is 9.72. The predicted octanol–water partition coefficient (Wildman–Crippen LogP) is 2.79. The van der Waals surface area contributed by atoms with Gasteiger partial charge in [0, 0.05) is 19.2 Å². The molecule has 2 atom stereocenters. The van der Waals surface area contributed by atoms with Gasteiger partial charge in [0.05, 0.1) is 25.9 Å². The zero-order chi connectivity index (χ0) is 14.8. The monoisotopic (exact) mass is 281 g/mol. The number of hydrogen-bond donors (Lipinski definition) is 1. The molecule has 4 heteroatoms. The lowest BCUT2D eigenvalue weighted by molar-refractivity contribution is -0.0400. The van der Waals surface area contributed by atoms with Gasteiger partial charge in [-0.15, -0.1) is 0 Å². The van der Waals surface area contributed by atoms with E-state index in [1.807, 2.05) is 25.1 Å². The van der Waals surface area contributed by atoms with Crippen molar-refractivity contribution in [3.05, 3.63) is 29.8 Å². The molecule has 0 aliphatic rings. The summed E-state index contributed by atoms with van der Waals surface area (Å²) in [7, 11) is 3.38. The van der Waals surface area contributed by atoms with Crippen molar-refractivity contribution >= 4 is 0 Å². The Balaban J connectivity index is 2.79. The van der Waals surface area contributed by atoms with E-state index in [1.165, 1.54) is 0 Å². The summed E-state index contributed by atoms with van der Waals surface area (Å²) >= 11 is 0. The molecule has 0 saturated heterocycles. The first kappa shape index (κ1) is 17.0. The van der Waals surface area contributed by atoms with Crippen molar-refractivity contribution in [1.82, 2.24) is 5.32 Å². The van der Waals surface area contributed by atoms with Gasteiger partial charge in [0.25, 0.3) is 0 Å². The molecule has 0 heterocycles. The minimum atomic E-state index is -0.0390. The molecule has 0 aromatic heterocycles. The van der Waals surface area contributed by atoms with Crippen LogP contribution in [0.3, 0.4) is 0 Å². The van der Waals surface area contributed by atoms with E-state index in [2.05, 4.69) is 18.3 Å². The summed E-state index contributed by atoms with van der Waals surface area (Å²) in [6, 6.07) is 8.00. The molecule has 1 rings (SSSR count). The van der Waals surface area contributed by atoms with Crippen molar-refractivity contribution in [2.75, 3.05) is 33.9 Å². The number of rotatable bonds is 10. The molecule has 0 amide bonds. The van der Waals surface area contributed by atoms with Crippen molar-refractivity contribution in [2.24, 2.45) is 0 Å². The molecule has 0 aliphatic carbocycles. The van der Waals surface area contributed by atoms with Crippen LogP contribution < -0.4 is 10.1 Å². The Kier molecular flexibility index (Phi) is 8.26. The first-order valence-corrected chi connectivity index (χ1v) is 7.20.